The zero-order chi connectivity index (χ0) is 12.8. The normalized spacial score (nSPS) is 10.9. The van der Waals surface area contributed by atoms with E-state index in [0.717, 1.165) is 0 Å². The summed E-state index contributed by atoms with van der Waals surface area (Å²) in [5.74, 6) is -0.289. The number of halogens is 2. The van der Waals surface area contributed by atoms with Gasteiger partial charge < -0.3 is 9.64 Å². The maximum Gasteiger partial charge on any atom is 0.387 e. The Morgan fingerprint density at radius 1 is 1.41 bits per heavy atom. The molecule has 0 heterocycles. The molecule has 92 valence electrons. The van der Waals surface area contributed by atoms with E-state index in [-0.39, 0.29) is 11.5 Å². The first-order valence-electron chi connectivity index (χ1n) is 4.93. The Hall–Kier alpha value is -1.91. The number of hydrogen-bond acceptors (Lipinski definition) is 3. The molecule has 1 aromatic carbocycles. The maximum absolute atomic E-state index is 12.0. The molecule has 3 nitrogen and oxygen atoms in total. The molecular weight excluding hydrogens is 228 g/mol. The molecular formula is C12H13F2NO2. The zero-order valence-electron chi connectivity index (χ0n) is 9.56. The Bertz CT molecular complexity index is 417. The molecule has 0 radical (unpaired) electrons. The molecule has 0 fully saturated rings. The highest BCUT2D eigenvalue weighted by atomic mass is 19.3. The highest BCUT2D eigenvalue weighted by molar-refractivity contribution is 6.04. The third kappa shape index (κ3) is 4.63. The predicted octanol–water partition coefficient (Wildman–Crippen LogP) is 2.55. The number of allylic oxidation sites excluding steroid dienone is 1. The molecule has 0 saturated heterocycles. The first-order chi connectivity index (χ1) is 7.99. The van der Waals surface area contributed by atoms with Gasteiger partial charge in [0.05, 0.1) is 0 Å². The van der Waals surface area contributed by atoms with Crippen LogP contribution in [0.4, 0.5) is 8.78 Å². The highest BCUT2D eigenvalue weighted by Crippen LogP contribution is 2.16. The number of rotatable bonds is 5. The first kappa shape index (κ1) is 13.2. The number of ether oxygens (including phenoxy) is 1. The second-order valence-electron chi connectivity index (χ2n) is 3.55. The fourth-order valence-electron chi connectivity index (χ4n) is 1.14. The van der Waals surface area contributed by atoms with E-state index in [1.165, 1.54) is 24.3 Å². The average Bonchev–Trinajstić information content (AvgIpc) is 2.25. The van der Waals surface area contributed by atoms with Gasteiger partial charge in [0, 0.05) is 31.9 Å². The lowest BCUT2D eigenvalue weighted by atomic mass is 10.1. The van der Waals surface area contributed by atoms with E-state index in [2.05, 4.69) is 4.74 Å². The van der Waals surface area contributed by atoms with E-state index in [1.807, 2.05) is 0 Å². The van der Waals surface area contributed by atoms with Crippen LogP contribution in [0.15, 0.2) is 36.5 Å². The lowest BCUT2D eigenvalue weighted by Crippen LogP contribution is -2.04. The van der Waals surface area contributed by atoms with E-state index < -0.39 is 6.61 Å². The minimum Gasteiger partial charge on any atom is -0.435 e. The van der Waals surface area contributed by atoms with Crippen molar-refractivity contribution in [2.75, 3.05) is 14.1 Å². The van der Waals surface area contributed by atoms with Crippen molar-refractivity contribution in [3.05, 3.63) is 42.1 Å². The molecule has 0 saturated carbocycles. The van der Waals surface area contributed by atoms with Crippen LogP contribution >= 0.6 is 0 Å². The summed E-state index contributed by atoms with van der Waals surface area (Å²) < 4.78 is 28.2. The maximum atomic E-state index is 12.0. The van der Waals surface area contributed by atoms with Crippen LogP contribution in [0.25, 0.3) is 0 Å². The molecule has 5 heteroatoms. The lowest BCUT2D eigenvalue weighted by molar-refractivity contribution is -0.0498. The van der Waals surface area contributed by atoms with E-state index in [0.29, 0.717) is 5.56 Å². The van der Waals surface area contributed by atoms with E-state index in [4.69, 9.17) is 0 Å². The molecule has 0 bridgehead atoms. The molecule has 0 spiro atoms. The lowest BCUT2D eigenvalue weighted by Gasteiger charge is -2.05. The summed E-state index contributed by atoms with van der Waals surface area (Å²) in [4.78, 5) is 13.3. The Kier molecular flexibility index (Phi) is 4.63. The minimum absolute atomic E-state index is 0.0240. The number of benzene rings is 1. The van der Waals surface area contributed by atoms with Crippen LogP contribution in [-0.4, -0.2) is 31.4 Å². The topological polar surface area (TPSA) is 29.5 Å². The Labute approximate surface area is 98.3 Å². The van der Waals surface area contributed by atoms with Crippen LogP contribution < -0.4 is 4.74 Å². The average molecular weight is 241 g/mol. The summed E-state index contributed by atoms with van der Waals surface area (Å²) in [6.07, 6.45) is 2.95. The number of carbonyl (C=O) groups is 1. The van der Waals surface area contributed by atoms with Crippen molar-refractivity contribution in [3.63, 3.8) is 0 Å². The molecule has 0 unspecified atom stereocenters. The van der Waals surface area contributed by atoms with Gasteiger partial charge in [0.1, 0.15) is 5.75 Å². The van der Waals surface area contributed by atoms with E-state index in [1.54, 1.807) is 31.3 Å². The minimum atomic E-state index is -2.89. The largest absolute Gasteiger partial charge is 0.435 e. The van der Waals surface area contributed by atoms with Gasteiger partial charge in [0.15, 0.2) is 5.78 Å². The number of ketones is 1. The summed E-state index contributed by atoms with van der Waals surface area (Å²) in [7, 11) is 3.56. The fraction of sp³-hybridized carbons (Fsp3) is 0.250. The number of hydrogen-bond donors (Lipinski definition) is 0. The Morgan fingerprint density at radius 2 is 2.12 bits per heavy atom. The van der Waals surface area contributed by atoms with Crippen molar-refractivity contribution in [2.45, 2.75) is 6.61 Å². The molecule has 0 aliphatic carbocycles. The quantitative estimate of drug-likeness (QED) is 0.586. The van der Waals surface area contributed by atoms with Crippen molar-refractivity contribution in [2.24, 2.45) is 0 Å². The van der Waals surface area contributed by atoms with Gasteiger partial charge in [-0.3, -0.25) is 4.79 Å². The standard InChI is InChI=1S/C12H13F2NO2/c1-15(2)7-6-11(16)9-4-3-5-10(8-9)17-12(13)14/h3-8,12H,1-2H3/b7-6+. The molecule has 17 heavy (non-hydrogen) atoms. The second kappa shape index (κ2) is 5.98. The highest BCUT2D eigenvalue weighted by Gasteiger charge is 2.07. The predicted molar refractivity (Wildman–Crippen MR) is 60.2 cm³/mol. The van der Waals surface area contributed by atoms with Gasteiger partial charge in [-0.1, -0.05) is 12.1 Å². The monoisotopic (exact) mass is 241 g/mol. The van der Waals surface area contributed by atoms with Crippen molar-refractivity contribution >= 4 is 5.78 Å². The number of carbonyl (C=O) groups excluding carboxylic acids is 1. The van der Waals surface area contributed by atoms with Gasteiger partial charge in [0.25, 0.3) is 0 Å². The Balaban J connectivity index is 2.80. The van der Waals surface area contributed by atoms with Crippen LogP contribution in [0.2, 0.25) is 0 Å². The fourth-order valence-corrected chi connectivity index (χ4v) is 1.14. The van der Waals surface area contributed by atoms with Crippen LogP contribution in [0.5, 0.6) is 5.75 Å². The van der Waals surface area contributed by atoms with Crippen LogP contribution in [0.3, 0.4) is 0 Å². The van der Waals surface area contributed by atoms with E-state index in [9.17, 15) is 13.6 Å². The van der Waals surface area contributed by atoms with Crippen molar-refractivity contribution in [1.29, 1.82) is 0 Å². The molecule has 0 aliphatic rings. The van der Waals surface area contributed by atoms with Gasteiger partial charge in [-0.2, -0.15) is 8.78 Å². The van der Waals surface area contributed by atoms with Gasteiger partial charge in [0.2, 0.25) is 0 Å². The first-order valence-corrected chi connectivity index (χ1v) is 4.93. The van der Waals surface area contributed by atoms with Crippen molar-refractivity contribution < 1.29 is 18.3 Å². The van der Waals surface area contributed by atoms with Gasteiger partial charge >= 0.3 is 6.61 Å². The molecule has 0 aliphatic heterocycles. The SMILES string of the molecule is CN(C)/C=C/C(=O)c1cccc(OC(F)F)c1. The van der Waals surface area contributed by atoms with Gasteiger partial charge in [-0.15, -0.1) is 0 Å². The molecule has 0 amide bonds. The summed E-state index contributed by atoms with van der Waals surface area (Å²) >= 11 is 0. The molecule has 0 atom stereocenters. The van der Waals surface area contributed by atoms with Gasteiger partial charge in [-0.05, 0) is 12.1 Å². The Morgan fingerprint density at radius 3 is 2.71 bits per heavy atom. The zero-order valence-corrected chi connectivity index (χ0v) is 9.56. The van der Waals surface area contributed by atoms with Crippen LogP contribution in [-0.2, 0) is 0 Å². The molecule has 0 N–H and O–H groups in total. The van der Waals surface area contributed by atoms with Crippen molar-refractivity contribution in [3.8, 4) is 5.75 Å². The summed E-state index contributed by atoms with van der Waals surface area (Å²) in [5.41, 5.74) is 0.307. The smallest absolute Gasteiger partial charge is 0.387 e. The van der Waals surface area contributed by atoms with Crippen LogP contribution in [0, 0.1) is 0 Å². The third-order valence-electron chi connectivity index (χ3n) is 1.87. The summed E-state index contributed by atoms with van der Waals surface area (Å²) in [5, 5.41) is 0. The third-order valence-corrected chi connectivity index (χ3v) is 1.87. The van der Waals surface area contributed by atoms with Crippen LogP contribution in [0.1, 0.15) is 10.4 Å². The van der Waals surface area contributed by atoms with Crippen molar-refractivity contribution in [1.82, 2.24) is 4.90 Å². The van der Waals surface area contributed by atoms with Gasteiger partial charge in [-0.25, -0.2) is 0 Å². The number of alkyl halides is 2. The molecule has 0 aromatic heterocycles. The summed E-state index contributed by atoms with van der Waals surface area (Å²) in [6, 6.07) is 5.70. The molecule has 1 rings (SSSR count). The summed E-state index contributed by atoms with van der Waals surface area (Å²) in [6.45, 7) is -2.89. The van der Waals surface area contributed by atoms with E-state index >= 15 is 0 Å². The second-order valence-corrected chi connectivity index (χ2v) is 3.55. The molecule has 1 aromatic rings. The number of nitrogens with zero attached hydrogens (tertiary/aromatic N) is 1.